The van der Waals surface area contributed by atoms with Crippen molar-refractivity contribution in [1.29, 1.82) is 0 Å². The summed E-state index contributed by atoms with van der Waals surface area (Å²) in [6, 6.07) is 16.3. The number of pyridine rings is 6. The van der Waals surface area contributed by atoms with Crippen molar-refractivity contribution in [2.45, 2.75) is 34.6 Å². The lowest BCUT2D eigenvalue weighted by molar-refractivity contribution is -0.123. The highest BCUT2D eigenvalue weighted by atomic mass is 35.5. The third kappa shape index (κ3) is 24.8. The SMILES string of the molecule is C.C.C.NCC(F)(F)F.Nc1cc(N2CCOCC2)ccn1.O=C(NCC(F)(F)F)c1cncc(-c2cnc(Nc3cc(N4CCOCC4)ccn3)s2)c1.O=C(O)c1cncc(-c2cnc(Cl)s2)c1.O=C(O)c1cncc(-c2cnc(Nc3cc(N4CCOCC4)ccn3)s2)c1. The van der Waals surface area contributed by atoms with E-state index in [1.807, 2.05) is 41.7 Å². The van der Waals surface area contributed by atoms with E-state index in [1.54, 1.807) is 61.7 Å². The number of aromatic nitrogens is 9. The van der Waals surface area contributed by atoms with Gasteiger partial charge in [-0.15, -0.1) is 11.3 Å². The molecule has 25 nitrogen and oxygen atoms in total. The summed E-state index contributed by atoms with van der Waals surface area (Å²) in [5.74, 6) is -0.936. The molecule has 0 saturated carbocycles. The number of hydrogen-bond donors (Lipinski definition) is 7. The van der Waals surface area contributed by atoms with Gasteiger partial charge < -0.3 is 66.5 Å². The number of morpholine rings is 3. The number of aromatic carboxylic acids is 2. The van der Waals surface area contributed by atoms with E-state index in [-0.39, 0.29) is 39.0 Å². The number of nitrogens with one attached hydrogen (secondary N) is 3. The van der Waals surface area contributed by atoms with Crippen LogP contribution in [0.4, 0.5) is 71.1 Å². The number of thiazole rings is 3. The topological polar surface area (TPSA) is 333 Å². The molecule has 0 atom stereocenters. The number of rotatable bonds is 14. The van der Waals surface area contributed by atoms with Gasteiger partial charge in [0.25, 0.3) is 5.91 Å². The van der Waals surface area contributed by atoms with Crippen molar-refractivity contribution in [1.82, 2.24) is 50.2 Å². The van der Waals surface area contributed by atoms with Gasteiger partial charge in [-0.3, -0.25) is 19.7 Å². The number of carboxylic acids is 2. The fourth-order valence-corrected chi connectivity index (χ4v) is 10.9. The Hall–Kier alpha value is -9.29. The molecule has 3 fully saturated rings. The van der Waals surface area contributed by atoms with Crippen LogP contribution >= 0.6 is 45.6 Å². The van der Waals surface area contributed by atoms with Crippen LogP contribution in [-0.4, -0.2) is 177 Å². The third-order valence-corrected chi connectivity index (χ3v) is 15.9. The van der Waals surface area contributed by atoms with E-state index in [9.17, 15) is 40.7 Å². The highest BCUT2D eigenvalue weighted by Gasteiger charge is 2.28. The molecule has 1 amide bonds. The molecular formula is C61H70ClF6N17O8S3. The predicted octanol–water partition coefficient (Wildman–Crippen LogP) is 11.8. The molecule has 3 saturated heterocycles. The summed E-state index contributed by atoms with van der Waals surface area (Å²) >= 11 is 9.69. The predicted molar refractivity (Wildman–Crippen MR) is 361 cm³/mol. The number of amides is 1. The minimum Gasteiger partial charge on any atom is -0.478 e. The summed E-state index contributed by atoms with van der Waals surface area (Å²) in [5, 5.41) is 27.4. The van der Waals surface area contributed by atoms with E-state index in [4.69, 9.17) is 41.8 Å². The quantitative estimate of drug-likeness (QED) is 0.0497. The molecule has 9 aromatic heterocycles. The second-order valence-corrected chi connectivity index (χ2v) is 23.1. The highest BCUT2D eigenvalue weighted by Crippen LogP contribution is 2.34. The van der Waals surface area contributed by atoms with E-state index >= 15 is 0 Å². The molecule has 12 heterocycles. The molecule has 514 valence electrons. The van der Waals surface area contributed by atoms with Gasteiger partial charge in [0.15, 0.2) is 14.7 Å². The van der Waals surface area contributed by atoms with Crippen LogP contribution in [0.5, 0.6) is 0 Å². The fraction of sp³-hybridized carbons (Fsp3) is 0.311. The first-order valence-corrected chi connectivity index (χ1v) is 30.6. The standard InChI is InChI=1S/C20H19F3N6O2S.C18H17N5O3S.C9H5ClN2O2S.C9H13N3O.C2H4F3N.3CH4/c21-20(22,23)12-27-18(30)14-7-13(9-24-10-14)16-11-26-19(32-16)28-17-8-15(1-2-25-17)29-3-5-31-6-4-29;24-17(25)13-7-12(9-19-10-13)15-11-21-18(27-15)22-16-8-14(1-2-20-16)23-3-5-26-6-4-23;10-9-12-4-7(15-9)5-1-6(8(13)14)3-11-2-5;10-9-7-8(1-2-11-9)12-3-5-13-6-4-12;3-2(4,5)1-6;;;/h1-2,7-11H,3-6,12H2,(H,27,30)(H,25,26,28);1-2,7-11H,3-6H2,(H,24,25)(H,20,21,22);1-4H,(H,13,14);1-2,7H,3-6H2,(H2,10,11);1,6H2;3*1H4. The number of ether oxygens (including phenoxy) is 3. The number of halogens is 7. The third-order valence-electron chi connectivity index (χ3n) is 12.8. The first-order valence-electron chi connectivity index (χ1n) is 27.8. The van der Waals surface area contributed by atoms with Crippen LogP contribution in [0.15, 0.2) is 129 Å². The van der Waals surface area contributed by atoms with Crippen molar-refractivity contribution in [2.75, 3.05) is 123 Å². The van der Waals surface area contributed by atoms with Gasteiger partial charge in [0.1, 0.15) is 24.0 Å². The minimum absolute atomic E-state index is 0. The van der Waals surface area contributed by atoms with Gasteiger partial charge in [0.2, 0.25) is 0 Å². The lowest BCUT2D eigenvalue weighted by Gasteiger charge is -2.28. The van der Waals surface area contributed by atoms with Crippen molar-refractivity contribution >= 4 is 108 Å². The molecule has 9 N–H and O–H groups in total. The molecule has 9 aromatic rings. The number of carbonyl (C=O) groups excluding carboxylic acids is 1. The second kappa shape index (κ2) is 37.7. The summed E-state index contributed by atoms with van der Waals surface area (Å²) in [7, 11) is 0. The maximum absolute atomic E-state index is 12.3. The van der Waals surface area contributed by atoms with Crippen molar-refractivity contribution in [2.24, 2.45) is 5.73 Å². The number of nitrogen functional groups attached to an aromatic ring is 1. The maximum Gasteiger partial charge on any atom is 0.405 e. The summed E-state index contributed by atoms with van der Waals surface area (Å²) in [5.41, 5.74) is 15.4. The number of alkyl halides is 6. The first kappa shape index (κ1) is 77.4. The number of nitrogens with two attached hydrogens (primary N) is 2. The molecule has 12 rings (SSSR count). The molecule has 0 spiro atoms. The number of carboxylic acid groups (broad SMARTS) is 2. The summed E-state index contributed by atoms with van der Waals surface area (Å²) in [6.07, 6.45) is 10.0. The van der Waals surface area contributed by atoms with E-state index in [1.165, 1.54) is 64.9 Å². The molecule has 0 unspecified atom stereocenters. The molecule has 96 heavy (non-hydrogen) atoms. The molecule has 3 aliphatic rings. The summed E-state index contributed by atoms with van der Waals surface area (Å²) in [6.45, 7) is 6.98. The van der Waals surface area contributed by atoms with Gasteiger partial charge in [0, 0.05) is 166 Å². The largest absolute Gasteiger partial charge is 0.478 e. The molecule has 0 bridgehead atoms. The van der Waals surface area contributed by atoms with E-state index in [2.05, 4.69) is 75.9 Å². The zero-order chi connectivity index (χ0) is 66.3. The number of nitrogens with zero attached hydrogens (tertiary/aromatic N) is 12. The minimum atomic E-state index is -4.48. The molecule has 0 radical (unpaired) electrons. The maximum atomic E-state index is 12.3. The smallest absolute Gasteiger partial charge is 0.405 e. The summed E-state index contributed by atoms with van der Waals surface area (Å²) in [4.78, 5) is 79.9. The zero-order valence-corrected chi connectivity index (χ0v) is 52.0. The van der Waals surface area contributed by atoms with Gasteiger partial charge in [0.05, 0.1) is 77.5 Å². The molecule has 35 heteroatoms. The van der Waals surface area contributed by atoms with E-state index in [0.29, 0.717) is 61.4 Å². The normalized spacial score (nSPS) is 13.4. The average molecular weight is 1410 g/mol. The van der Waals surface area contributed by atoms with Gasteiger partial charge in [-0.25, -0.2) is 39.5 Å². The Balaban J connectivity index is 0.000000234. The molecular weight excluding hydrogens is 1340 g/mol. The Bertz CT molecular complexity index is 3890. The van der Waals surface area contributed by atoms with Gasteiger partial charge in [-0.2, -0.15) is 26.3 Å². The Labute approximate surface area is 565 Å². The lowest BCUT2D eigenvalue weighted by atomic mass is 10.2. The highest BCUT2D eigenvalue weighted by molar-refractivity contribution is 7.19. The summed E-state index contributed by atoms with van der Waals surface area (Å²) < 4.78 is 85.4. The van der Waals surface area contributed by atoms with Crippen molar-refractivity contribution < 1.29 is 65.1 Å². The van der Waals surface area contributed by atoms with Crippen LogP contribution in [0.25, 0.3) is 31.3 Å². The second-order valence-electron chi connectivity index (χ2n) is 19.4. The number of hydrogen-bond acceptors (Lipinski definition) is 25. The molecule has 0 aliphatic carbocycles. The Morgan fingerprint density at radius 1 is 0.510 bits per heavy atom. The average Bonchev–Trinajstić information content (AvgIpc) is 1.64. The van der Waals surface area contributed by atoms with Gasteiger partial charge in [-0.05, 0) is 36.4 Å². The molecule has 0 aromatic carbocycles. The van der Waals surface area contributed by atoms with Crippen LogP contribution in [-0.2, 0) is 14.2 Å². The van der Waals surface area contributed by atoms with Crippen LogP contribution in [0, 0.1) is 0 Å². The Kier molecular flexibility index (Phi) is 30.4. The first-order chi connectivity index (χ1) is 44.6. The van der Waals surface area contributed by atoms with Gasteiger partial charge >= 0.3 is 24.3 Å². The zero-order valence-electron chi connectivity index (χ0n) is 48.8. The number of anilines is 8. The van der Waals surface area contributed by atoms with Crippen molar-refractivity contribution in [3.8, 4) is 31.3 Å². The van der Waals surface area contributed by atoms with Crippen molar-refractivity contribution in [3.05, 3.63) is 150 Å². The van der Waals surface area contributed by atoms with Crippen LogP contribution in [0.3, 0.4) is 0 Å². The monoisotopic (exact) mass is 1410 g/mol. The van der Waals surface area contributed by atoms with Crippen LogP contribution in [0.1, 0.15) is 53.4 Å². The number of carbonyl (C=O) groups is 3. The van der Waals surface area contributed by atoms with Crippen LogP contribution in [0.2, 0.25) is 4.47 Å². The Morgan fingerprint density at radius 3 is 1.24 bits per heavy atom. The van der Waals surface area contributed by atoms with E-state index < -0.39 is 43.3 Å². The van der Waals surface area contributed by atoms with Gasteiger partial charge in [-0.1, -0.05) is 56.6 Å². The lowest BCUT2D eigenvalue weighted by Crippen LogP contribution is -2.36. The fourth-order valence-electron chi connectivity index (χ4n) is 8.37. The van der Waals surface area contributed by atoms with E-state index in [0.717, 1.165) is 98.1 Å². The Morgan fingerprint density at radius 2 is 0.875 bits per heavy atom. The van der Waals surface area contributed by atoms with Crippen molar-refractivity contribution in [3.63, 3.8) is 0 Å². The van der Waals surface area contributed by atoms with Crippen LogP contribution < -0.4 is 42.1 Å². The molecule has 3 aliphatic heterocycles.